The number of hydrogen-bond acceptors (Lipinski definition) is 2. The summed E-state index contributed by atoms with van der Waals surface area (Å²) in [6, 6.07) is 14.8. The van der Waals surface area contributed by atoms with E-state index < -0.39 is 5.97 Å². The van der Waals surface area contributed by atoms with Crippen molar-refractivity contribution in [2.75, 3.05) is 11.9 Å². The lowest BCUT2D eigenvalue weighted by Gasteiger charge is -2.03. The Labute approximate surface area is 124 Å². The maximum Gasteiger partial charge on any atom is 0.335 e. The van der Waals surface area contributed by atoms with Gasteiger partial charge in [-0.1, -0.05) is 24.0 Å². The molecule has 2 aromatic carbocycles. The van der Waals surface area contributed by atoms with E-state index in [9.17, 15) is 4.79 Å². The minimum atomic E-state index is -0.912. The third kappa shape index (κ3) is 4.70. The summed E-state index contributed by atoms with van der Waals surface area (Å²) >= 11 is 0. The standard InChI is InChI=1S/C18H17NO2/c1-14-5-4-7-15(13-14)6-2-3-12-19-17-10-8-16(9-11-17)18(20)21/h4-5,7-11,13,19H,3,12H2,1H3,(H,20,21). The predicted molar refractivity (Wildman–Crippen MR) is 84.6 cm³/mol. The molecule has 0 amide bonds. The number of aryl methyl sites for hydroxylation is 1. The van der Waals surface area contributed by atoms with Gasteiger partial charge in [-0.25, -0.2) is 4.79 Å². The zero-order valence-corrected chi connectivity index (χ0v) is 11.9. The van der Waals surface area contributed by atoms with Crippen LogP contribution >= 0.6 is 0 Å². The van der Waals surface area contributed by atoms with Crippen molar-refractivity contribution in [3.8, 4) is 11.8 Å². The Balaban J connectivity index is 1.81. The number of carbonyl (C=O) groups is 1. The van der Waals surface area contributed by atoms with E-state index in [1.807, 2.05) is 25.1 Å². The van der Waals surface area contributed by atoms with E-state index in [1.165, 1.54) is 5.56 Å². The van der Waals surface area contributed by atoms with Crippen LogP contribution in [0.2, 0.25) is 0 Å². The average molecular weight is 279 g/mol. The highest BCUT2D eigenvalue weighted by atomic mass is 16.4. The van der Waals surface area contributed by atoms with Crippen LogP contribution in [0.25, 0.3) is 0 Å². The van der Waals surface area contributed by atoms with Crippen molar-refractivity contribution >= 4 is 11.7 Å². The van der Waals surface area contributed by atoms with Crippen LogP contribution in [0.3, 0.4) is 0 Å². The number of anilines is 1. The zero-order valence-electron chi connectivity index (χ0n) is 11.9. The molecule has 0 fully saturated rings. The summed E-state index contributed by atoms with van der Waals surface area (Å²) in [6.07, 6.45) is 0.731. The molecule has 0 bridgehead atoms. The predicted octanol–water partition coefficient (Wildman–Crippen LogP) is 3.55. The molecule has 0 saturated carbocycles. The van der Waals surface area contributed by atoms with Gasteiger partial charge in [0.15, 0.2) is 0 Å². The molecule has 0 saturated heterocycles. The molecule has 3 heteroatoms. The first kappa shape index (κ1) is 14.7. The summed E-state index contributed by atoms with van der Waals surface area (Å²) in [5, 5.41) is 12.0. The third-order valence-corrected chi connectivity index (χ3v) is 2.96. The number of benzene rings is 2. The monoisotopic (exact) mass is 279 g/mol. The first-order valence-corrected chi connectivity index (χ1v) is 6.78. The van der Waals surface area contributed by atoms with Crippen LogP contribution < -0.4 is 5.32 Å². The van der Waals surface area contributed by atoms with Crippen molar-refractivity contribution in [3.63, 3.8) is 0 Å². The van der Waals surface area contributed by atoms with Crippen LogP contribution in [0.15, 0.2) is 48.5 Å². The van der Waals surface area contributed by atoms with E-state index in [4.69, 9.17) is 5.11 Å². The Bertz CT molecular complexity index is 678. The number of aromatic carboxylic acids is 1. The smallest absolute Gasteiger partial charge is 0.335 e. The fraction of sp³-hybridized carbons (Fsp3) is 0.167. The number of nitrogens with one attached hydrogen (secondary N) is 1. The lowest BCUT2D eigenvalue weighted by Crippen LogP contribution is -2.01. The van der Waals surface area contributed by atoms with Gasteiger partial charge in [0.2, 0.25) is 0 Å². The Kier molecular flexibility index (Phi) is 5.00. The maximum atomic E-state index is 10.7. The molecule has 0 unspecified atom stereocenters. The largest absolute Gasteiger partial charge is 0.478 e. The van der Waals surface area contributed by atoms with E-state index in [0.717, 1.165) is 24.2 Å². The second kappa shape index (κ2) is 7.16. The number of rotatable bonds is 4. The molecule has 0 aliphatic rings. The molecule has 0 aliphatic carbocycles. The number of hydrogen-bond donors (Lipinski definition) is 2. The minimum absolute atomic E-state index is 0.291. The van der Waals surface area contributed by atoms with Crippen molar-refractivity contribution in [1.29, 1.82) is 0 Å². The van der Waals surface area contributed by atoms with Crippen molar-refractivity contribution in [2.24, 2.45) is 0 Å². The summed E-state index contributed by atoms with van der Waals surface area (Å²) in [6.45, 7) is 2.78. The minimum Gasteiger partial charge on any atom is -0.478 e. The van der Waals surface area contributed by atoms with Gasteiger partial charge in [-0.05, 0) is 48.9 Å². The van der Waals surface area contributed by atoms with Crippen LogP contribution in [0.5, 0.6) is 0 Å². The van der Waals surface area contributed by atoms with Crippen LogP contribution in [-0.2, 0) is 0 Å². The second-order valence-electron chi connectivity index (χ2n) is 4.73. The Morgan fingerprint density at radius 1 is 1.19 bits per heavy atom. The fourth-order valence-corrected chi connectivity index (χ4v) is 1.89. The molecule has 2 rings (SSSR count). The van der Waals surface area contributed by atoms with Crippen molar-refractivity contribution in [3.05, 3.63) is 65.2 Å². The molecule has 0 spiro atoms. The molecule has 0 aliphatic heterocycles. The normalized spacial score (nSPS) is 9.57. The highest BCUT2D eigenvalue weighted by Gasteiger charge is 2.00. The second-order valence-corrected chi connectivity index (χ2v) is 4.73. The van der Waals surface area contributed by atoms with E-state index in [1.54, 1.807) is 24.3 Å². The summed E-state index contributed by atoms with van der Waals surface area (Å²) < 4.78 is 0. The van der Waals surface area contributed by atoms with Crippen molar-refractivity contribution < 1.29 is 9.90 Å². The summed E-state index contributed by atoms with van der Waals surface area (Å²) in [5.41, 5.74) is 3.43. The fourth-order valence-electron chi connectivity index (χ4n) is 1.89. The maximum absolute atomic E-state index is 10.7. The van der Waals surface area contributed by atoms with E-state index in [-0.39, 0.29) is 0 Å². The molecule has 106 valence electrons. The summed E-state index contributed by atoms with van der Waals surface area (Å²) in [4.78, 5) is 10.7. The molecule has 21 heavy (non-hydrogen) atoms. The highest BCUT2D eigenvalue weighted by molar-refractivity contribution is 5.87. The van der Waals surface area contributed by atoms with Gasteiger partial charge in [-0.15, -0.1) is 0 Å². The molecular weight excluding hydrogens is 262 g/mol. The topological polar surface area (TPSA) is 49.3 Å². The third-order valence-electron chi connectivity index (χ3n) is 2.96. The van der Waals surface area contributed by atoms with Gasteiger partial charge in [-0.3, -0.25) is 0 Å². The highest BCUT2D eigenvalue weighted by Crippen LogP contribution is 2.09. The van der Waals surface area contributed by atoms with E-state index >= 15 is 0 Å². The molecular formula is C18H17NO2. The first-order valence-electron chi connectivity index (χ1n) is 6.78. The van der Waals surface area contributed by atoms with Crippen LogP contribution in [0.4, 0.5) is 5.69 Å². The van der Waals surface area contributed by atoms with Gasteiger partial charge < -0.3 is 10.4 Å². The molecule has 0 heterocycles. The van der Waals surface area contributed by atoms with Crippen molar-refractivity contribution in [2.45, 2.75) is 13.3 Å². The average Bonchev–Trinajstić information content (AvgIpc) is 2.47. The van der Waals surface area contributed by atoms with Gasteiger partial charge in [0.05, 0.1) is 5.56 Å². The van der Waals surface area contributed by atoms with Gasteiger partial charge >= 0.3 is 5.97 Å². The molecule has 0 radical (unpaired) electrons. The first-order chi connectivity index (χ1) is 10.1. The molecule has 0 aromatic heterocycles. The SMILES string of the molecule is Cc1cccc(C#CCCNc2ccc(C(=O)O)cc2)c1. The van der Waals surface area contributed by atoms with Gasteiger partial charge in [-0.2, -0.15) is 0 Å². The van der Waals surface area contributed by atoms with Gasteiger partial charge in [0, 0.05) is 24.2 Å². The quantitative estimate of drug-likeness (QED) is 0.664. The van der Waals surface area contributed by atoms with Gasteiger partial charge in [0.25, 0.3) is 0 Å². The lowest BCUT2D eigenvalue weighted by molar-refractivity contribution is 0.0697. The Hall–Kier alpha value is -2.73. The molecule has 0 atom stereocenters. The molecule has 3 nitrogen and oxygen atoms in total. The van der Waals surface area contributed by atoms with Gasteiger partial charge in [0.1, 0.15) is 0 Å². The molecule has 2 N–H and O–H groups in total. The number of carboxylic acids is 1. The Morgan fingerprint density at radius 3 is 2.62 bits per heavy atom. The van der Waals surface area contributed by atoms with Crippen LogP contribution in [0.1, 0.15) is 27.9 Å². The van der Waals surface area contributed by atoms with Crippen LogP contribution in [-0.4, -0.2) is 17.6 Å². The van der Waals surface area contributed by atoms with Crippen LogP contribution in [0, 0.1) is 18.8 Å². The van der Waals surface area contributed by atoms with Crippen molar-refractivity contribution in [1.82, 2.24) is 0 Å². The Morgan fingerprint density at radius 2 is 1.95 bits per heavy atom. The number of carboxylic acid groups (broad SMARTS) is 1. The lowest BCUT2D eigenvalue weighted by atomic mass is 10.1. The van der Waals surface area contributed by atoms with E-state index in [0.29, 0.717) is 5.56 Å². The summed E-state index contributed by atoms with van der Waals surface area (Å²) in [7, 11) is 0. The zero-order chi connectivity index (χ0) is 15.1. The van der Waals surface area contributed by atoms with E-state index in [2.05, 4.69) is 23.2 Å². The summed E-state index contributed by atoms with van der Waals surface area (Å²) in [5.74, 6) is 5.34. The molecule has 2 aromatic rings.